The summed E-state index contributed by atoms with van der Waals surface area (Å²) in [7, 11) is 1.82. The Morgan fingerprint density at radius 1 is 1.21 bits per heavy atom. The number of anilines is 1. The lowest BCUT2D eigenvalue weighted by Crippen LogP contribution is -2.49. The first-order chi connectivity index (χ1) is 13.4. The second-order valence-electron chi connectivity index (χ2n) is 8.37. The van der Waals surface area contributed by atoms with Crippen LogP contribution < -0.4 is 16.2 Å². The summed E-state index contributed by atoms with van der Waals surface area (Å²) in [6.45, 7) is 6.05. The van der Waals surface area contributed by atoms with Crippen molar-refractivity contribution in [3.63, 3.8) is 0 Å². The lowest BCUT2D eigenvalue weighted by molar-refractivity contribution is 0.185. The maximum absolute atomic E-state index is 12.9. The smallest absolute Gasteiger partial charge is 0.268 e. The molecular formula is C21H29N5OS. The number of aryl methyl sites for hydroxylation is 1. The Bertz CT molecular complexity index is 919. The minimum atomic E-state index is -0.00951. The van der Waals surface area contributed by atoms with Gasteiger partial charge in [-0.25, -0.2) is 4.98 Å². The van der Waals surface area contributed by atoms with Crippen LogP contribution in [-0.2, 0) is 7.05 Å². The number of rotatable bonds is 3. The molecule has 2 aromatic heterocycles. The van der Waals surface area contributed by atoms with Gasteiger partial charge in [0.1, 0.15) is 0 Å². The summed E-state index contributed by atoms with van der Waals surface area (Å²) in [5.74, 6) is 1.37. The molecule has 6 nitrogen and oxygen atoms in total. The molecule has 0 bridgehead atoms. The summed E-state index contributed by atoms with van der Waals surface area (Å²) in [5.41, 5.74) is 7.72. The summed E-state index contributed by atoms with van der Waals surface area (Å²) in [4.78, 5) is 25.7. The number of nitrogens with zero attached hydrogens (tertiary/aromatic N) is 4. The molecule has 0 aromatic carbocycles. The van der Waals surface area contributed by atoms with Gasteiger partial charge in [-0.3, -0.25) is 14.3 Å². The van der Waals surface area contributed by atoms with Crippen LogP contribution in [0.5, 0.6) is 0 Å². The zero-order valence-corrected chi connectivity index (χ0v) is 17.7. The van der Waals surface area contributed by atoms with Crippen molar-refractivity contribution in [1.82, 2.24) is 14.5 Å². The molecule has 1 aliphatic carbocycles. The molecule has 0 amide bonds. The van der Waals surface area contributed by atoms with Crippen LogP contribution in [0.25, 0.3) is 0 Å². The monoisotopic (exact) mass is 399 g/mol. The molecule has 2 aliphatic rings. The summed E-state index contributed by atoms with van der Waals surface area (Å²) in [6, 6.07) is 4.17. The lowest BCUT2D eigenvalue weighted by atomic mass is 9.73. The highest BCUT2D eigenvalue weighted by Gasteiger charge is 2.46. The van der Waals surface area contributed by atoms with Gasteiger partial charge in [0.2, 0.25) is 5.95 Å². The van der Waals surface area contributed by atoms with Gasteiger partial charge in [-0.15, -0.1) is 0 Å². The van der Waals surface area contributed by atoms with Crippen LogP contribution in [-0.4, -0.2) is 33.7 Å². The number of piperidine rings is 1. The molecule has 2 fully saturated rings. The van der Waals surface area contributed by atoms with Gasteiger partial charge < -0.3 is 10.6 Å². The molecule has 0 radical (unpaired) electrons. The van der Waals surface area contributed by atoms with Gasteiger partial charge in [-0.1, -0.05) is 18.7 Å². The van der Waals surface area contributed by atoms with Crippen molar-refractivity contribution in [3.05, 3.63) is 40.6 Å². The van der Waals surface area contributed by atoms with Crippen LogP contribution in [0.1, 0.15) is 38.3 Å². The molecule has 1 aliphatic heterocycles. The molecule has 3 heterocycles. The minimum Gasteiger partial charge on any atom is -0.342 e. The van der Waals surface area contributed by atoms with Gasteiger partial charge in [-0.2, -0.15) is 0 Å². The van der Waals surface area contributed by atoms with E-state index in [-0.39, 0.29) is 11.0 Å². The average Bonchev–Trinajstić information content (AvgIpc) is 2.97. The van der Waals surface area contributed by atoms with Crippen LogP contribution in [0.15, 0.2) is 39.1 Å². The largest absolute Gasteiger partial charge is 0.342 e. The Labute approximate surface area is 170 Å². The number of hydrogen-bond acceptors (Lipinski definition) is 6. The highest BCUT2D eigenvalue weighted by Crippen LogP contribution is 2.48. The quantitative estimate of drug-likeness (QED) is 0.855. The van der Waals surface area contributed by atoms with Crippen molar-refractivity contribution in [2.45, 2.75) is 55.4 Å². The van der Waals surface area contributed by atoms with Crippen LogP contribution in [0.2, 0.25) is 0 Å². The Kier molecular flexibility index (Phi) is 5.22. The SMILES string of the molecule is Cc1ncccc1Sc1cnc(N2CCC3(CC[C@@H](C)[C@H]3N)CC2)n(C)c1=O. The van der Waals surface area contributed by atoms with E-state index in [9.17, 15) is 4.79 Å². The van der Waals surface area contributed by atoms with E-state index in [1.54, 1.807) is 17.0 Å². The van der Waals surface area contributed by atoms with Crippen molar-refractivity contribution in [3.8, 4) is 0 Å². The van der Waals surface area contributed by atoms with Crippen molar-refractivity contribution >= 4 is 17.7 Å². The number of nitrogens with two attached hydrogens (primary N) is 1. The first kappa shape index (κ1) is 19.5. The highest BCUT2D eigenvalue weighted by atomic mass is 32.2. The summed E-state index contributed by atoms with van der Waals surface area (Å²) >= 11 is 1.43. The second kappa shape index (κ2) is 7.52. The molecule has 7 heteroatoms. The lowest BCUT2D eigenvalue weighted by Gasteiger charge is -2.43. The number of pyridine rings is 1. The van der Waals surface area contributed by atoms with Crippen molar-refractivity contribution in [2.24, 2.45) is 24.1 Å². The first-order valence-electron chi connectivity index (χ1n) is 10.1. The molecule has 4 rings (SSSR count). The molecule has 2 atom stereocenters. The summed E-state index contributed by atoms with van der Waals surface area (Å²) in [6.07, 6.45) is 8.11. The summed E-state index contributed by atoms with van der Waals surface area (Å²) < 4.78 is 1.68. The van der Waals surface area contributed by atoms with Crippen LogP contribution in [0.3, 0.4) is 0 Å². The average molecular weight is 400 g/mol. The molecule has 1 saturated heterocycles. The fourth-order valence-electron chi connectivity index (χ4n) is 4.77. The van der Waals surface area contributed by atoms with E-state index >= 15 is 0 Å². The van der Waals surface area contributed by atoms with Crippen molar-refractivity contribution in [2.75, 3.05) is 18.0 Å². The van der Waals surface area contributed by atoms with Crippen molar-refractivity contribution < 1.29 is 0 Å². The zero-order valence-electron chi connectivity index (χ0n) is 16.9. The van der Waals surface area contributed by atoms with E-state index in [2.05, 4.69) is 21.8 Å². The Morgan fingerprint density at radius 2 is 1.96 bits per heavy atom. The predicted octanol–water partition coefficient (Wildman–Crippen LogP) is 2.98. The second-order valence-corrected chi connectivity index (χ2v) is 9.45. The highest BCUT2D eigenvalue weighted by molar-refractivity contribution is 7.99. The first-order valence-corrected chi connectivity index (χ1v) is 10.9. The zero-order chi connectivity index (χ0) is 19.9. The Morgan fingerprint density at radius 3 is 2.61 bits per heavy atom. The van der Waals surface area contributed by atoms with Gasteiger partial charge in [0, 0.05) is 37.3 Å². The third-order valence-electron chi connectivity index (χ3n) is 6.75. The van der Waals surface area contributed by atoms with Gasteiger partial charge in [0.05, 0.1) is 16.8 Å². The number of aromatic nitrogens is 3. The van der Waals surface area contributed by atoms with Gasteiger partial charge in [0.15, 0.2) is 0 Å². The molecule has 0 unspecified atom stereocenters. The third-order valence-corrected chi connectivity index (χ3v) is 7.90. The van der Waals surface area contributed by atoms with E-state index in [0.717, 1.165) is 42.5 Å². The fraction of sp³-hybridized carbons (Fsp3) is 0.571. The van der Waals surface area contributed by atoms with Gasteiger partial charge >= 0.3 is 0 Å². The molecule has 2 N–H and O–H groups in total. The standard InChI is InChI=1S/C21H29N5OS/c1-14-6-7-21(18(14)22)8-11-26(12-9-21)20-24-13-17(19(27)25(20)3)28-16-5-4-10-23-15(16)2/h4-5,10,13-14,18H,6-9,11-12,22H2,1-3H3/t14-,18-/m1/s1. The van der Waals surface area contributed by atoms with Crippen LogP contribution in [0.4, 0.5) is 5.95 Å². The topological polar surface area (TPSA) is 77.0 Å². The van der Waals surface area contributed by atoms with Crippen LogP contribution in [0, 0.1) is 18.3 Å². The van der Waals surface area contributed by atoms with Crippen LogP contribution >= 0.6 is 11.8 Å². The molecule has 28 heavy (non-hydrogen) atoms. The fourth-order valence-corrected chi connectivity index (χ4v) is 5.69. The van der Waals surface area contributed by atoms with E-state index in [1.807, 2.05) is 26.1 Å². The van der Waals surface area contributed by atoms with Gasteiger partial charge in [-0.05, 0) is 56.1 Å². The maximum atomic E-state index is 12.9. The number of hydrogen-bond donors (Lipinski definition) is 1. The predicted molar refractivity (Wildman–Crippen MR) is 113 cm³/mol. The molecule has 1 spiro atoms. The molecule has 150 valence electrons. The van der Waals surface area contributed by atoms with Crippen molar-refractivity contribution in [1.29, 1.82) is 0 Å². The summed E-state index contributed by atoms with van der Waals surface area (Å²) in [5, 5.41) is 0. The normalized spacial score (nSPS) is 24.1. The van der Waals surface area contributed by atoms with E-state index in [0.29, 0.717) is 16.9 Å². The van der Waals surface area contributed by atoms with E-state index < -0.39 is 0 Å². The maximum Gasteiger partial charge on any atom is 0.268 e. The molecule has 2 aromatic rings. The molecule has 1 saturated carbocycles. The molecular weight excluding hydrogens is 370 g/mol. The Balaban J connectivity index is 1.52. The minimum absolute atomic E-state index is 0.00951. The van der Waals surface area contributed by atoms with Gasteiger partial charge in [0.25, 0.3) is 5.56 Å². The third kappa shape index (κ3) is 3.35. The van der Waals surface area contributed by atoms with E-state index in [1.165, 1.54) is 24.6 Å². The van der Waals surface area contributed by atoms with E-state index in [4.69, 9.17) is 5.73 Å². The Hall–Kier alpha value is -1.86.